The number of rotatable bonds is 7. The molecule has 8 heteroatoms. The number of thiocarbonyl (C=S) groups is 1. The first kappa shape index (κ1) is 26.0. The van der Waals surface area contributed by atoms with Crippen LogP contribution in [-0.2, 0) is 4.74 Å². The molecule has 0 spiro atoms. The minimum atomic E-state index is -0.334. The van der Waals surface area contributed by atoms with E-state index < -0.39 is 0 Å². The lowest BCUT2D eigenvalue weighted by Gasteiger charge is -2.44. The maximum absolute atomic E-state index is 6.55. The highest BCUT2D eigenvalue weighted by molar-refractivity contribution is 7.80. The molecule has 2 aliphatic heterocycles. The Labute approximate surface area is 219 Å². The first-order valence-corrected chi connectivity index (χ1v) is 13.1. The Balaban J connectivity index is 1.66. The largest absolute Gasteiger partial charge is 0.494 e. The third kappa shape index (κ3) is 6.58. The van der Waals surface area contributed by atoms with Gasteiger partial charge >= 0.3 is 0 Å². The summed E-state index contributed by atoms with van der Waals surface area (Å²) in [7, 11) is 0. The Hall–Kier alpha value is -2.06. The van der Waals surface area contributed by atoms with Crippen molar-refractivity contribution in [3.05, 3.63) is 52.5 Å². The number of nitrogens with one attached hydrogen (secondary N) is 1. The smallest absolute Gasteiger partial charge is 0.174 e. The van der Waals surface area contributed by atoms with Gasteiger partial charge in [-0.15, -0.1) is 0 Å². The van der Waals surface area contributed by atoms with Crippen molar-refractivity contribution in [3.8, 4) is 11.5 Å². The van der Waals surface area contributed by atoms with E-state index in [1.54, 1.807) is 0 Å². The van der Waals surface area contributed by atoms with Crippen molar-refractivity contribution < 1.29 is 14.2 Å². The number of ether oxygens (including phenoxy) is 3. The molecule has 0 unspecified atom stereocenters. The number of hydrogen-bond acceptors (Lipinski definition) is 5. The van der Waals surface area contributed by atoms with Gasteiger partial charge in [0.1, 0.15) is 17.1 Å². The van der Waals surface area contributed by atoms with Crippen LogP contribution in [0.1, 0.15) is 44.4 Å². The zero-order valence-electron chi connectivity index (χ0n) is 21.1. The quantitative estimate of drug-likeness (QED) is 0.474. The van der Waals surface area contributed by atoms with Gasteiger partial charge in [-0.1, -0.05) is 17.7 Å². The van der Waals surface area contributed by atoms with Crippen molar-refractivity contribution in [2.24, 2.45) is 0 Å². The molecule has 1 fully saturated rings. The predicted molar refractivity (Wildman–Crippen MR) is 146 cm³/mol. The fourth-order valence-corrected chi connectivity index (χ4v) is 5.32. The lowest BCUT2D eigenvalue weighted by Crippen LogP contribution is -2.48. The second-order valence-electron chi connectivity index (χ2n) is 9.78. The fraction of sp³-hybridized carbons (Fsp3) is 0.519. The van der Waals surface area contributed by atoms with Crippen LogP contribution >= 0.6 is 23.8 Å². The van der Waals surface area contributed by atoms with Crippen molar-refractivity contribution in [2.75, 3.05) is 51.3 Å². The predicted octanol–water partition coefficient (Wildman–Crippen LogP) is 5.68. The summed E-state index contributed by atoms with van der Waals surface area (Å²) in [5.41, 5.74) is 2.68. The van der Waals surface area contributed by atoms with Crippen LogP contribution in [-0.4, -0.2) is 66.5 Å². The van der Waals surface area contributed by atoms with Gasteiger partial charge in [-0.05, 0) is 75.8 Å². The van der Waals surface area contributed by atoms with Crippen LogP contribution in [0.3, 0.4) is 0 Å². The lowest BCUT2D eigenvalue weighted by molar-refractivity contribution is 0.0266. The molecule has 1 N–H and O–H groups in total. The number of nitrogens with zero attached hydrogens (tertiary/aromatic N) is 2. The number of aryl methyl sites for hydroxylation is 1. The normalized spacial score (nSPS) is 19.4. The standard InChI is InChI=1S/C27H36ClN3O3S/c1-5-33-20-7-9-25-21(17-20)24(18-27(3,4)34-25)31(11-10-30-12-14-32-15-13-30)26(35)29-23-8-6-19(2)16-22(23)28/h6-9,16-17,24H,5,10-15,18H2,1-4H3,(H,29,35)/t24-/m1/s1. The average Bonchev–Trinajstić information content (AvgIpc) is 2.81. The van der Waals surface area contributed by atoms with E-state index in [0.29, 0.717) is 16.7 Å². The second kappa shape index (κ2) is 11.3. The Morgan fingerprint density at radius 2 is 2.00 bits per heavy atom. The minimum Gasteiger partial charge on any atom is -0.494 e. The number of anilines is 1. The highest BCUT2D eigenvalue weighted by atomic mass is 35.5. The van der Waals surface area contributed by atoms with Crippen molar-refractivity contribution >= 4 is 34.6 Å². The van der Waals surface area contributed by atoms with Gasteiger partial charge < -0.3 is 24.4 Å². The lowest BCUT2D eigenvalue weighted by atomic mass is 9.88. The van der Waals surface area contributed by atoms with Gasteiger partial charge in [0, 0.05) is 38.2 Å². The summed E-state index contributed by atoms with van der Waals surface area (Å²) in [6.07, 6.45) is 0.794. The van der Waals surface area contributed by atoms with E-state index in [4.69, 9.17) is 38.0 Å². The van der Waals surface area contributed by atoms with E-state index in [0.717, 1.165) is 74.1 Å². The molecule has 2 aromatic carbocycles. The SMILES string of the molecule is CCOc1ccc2c(c1)[C@H](N(CCN1CCOCC1)C(=S)Nc1ccc(C)cc1Cl)CC(C)(C)O2. The molecular weight excluding hydrogens is 482 g/mol. The Bertz CT molecular complexity index is 1040. The molecule has 4 rings (SSSR count). The van der Waals surface area contributed by atoms with Gasteiger partial charge in [0.25, 0.3) is 0 Å². The van der Waals surface area contributed by atoms with Crippen LogP contribution in [0, 0.1) is 6.92 Å². The van der Waals surface area contributed by atoms with Crippen LogP contribution in [0.25, 0.3) is 0 Å². The molecule has 0 saturated carbocycles. The van der Waals surface area contributed by atoms with Crippen LogP contribution in [0.2, 0.25) is 5.02 Å². The molecular formula is C27H36ClN3O3S. The molecule has 190 valence electrons. The molecule has 0 bridgehead atoms. The summed E-state index contributed by atoms with van der Waals surface area (Å²) in [4.78, 5) is 4.72. The third-order valence-corrected chi connectivity index (χ3v) is 7.14. The van der Waals surface area contributed by atoms with Crippen LogP contribution in [0.5, 0.6) is 11.5 Å². The fourth-order valence-electron chi connectivity index (χ4n) is 4.71. The molecule has 2 aromatic rings. The minimum absolute atomic E-state index is 0.0272. The van der Waals surface area contributed by atoms with Crippen LogP contribution in [0.4, 0.5) is 5.69 Å². The summed E-state index contributed by atoms with van der Waals surface area (Å²) in [5, 5.41) is 4.74. The van der Waals surface area contributed by atoms with E-state index in [1.165, 1.54) is 0 Å². The van der Waals surface area contributed by atoms with E-state index in [1.807, 2.05) is 44.2 Å². The number of hydrogen-bond donors (Lipinski definition) is 1. The average molecular weight is 518 g/mol. The molecule has 35 heavy (non-hydrogen) atoms. The first-order chi connectivity index (χ1) is 16.8. The van der Waals surface area contributed by atoms with Crippen LogP contribution in [0.15, 0.2) is 36.4 Å². The Kier molecular flexibility index (Phi) is 8.42. The molecule has 1 saturated heterocycles. The van der Waals surface area contributed by atoms with Gasteiger partial charge in [-0.2, -0.15) is 0 Å². The number of benzene rings is 2. The second-order valence-corrected chi connectivity index (χ2v) is 10.6. The topological polar surface area (TPSA) is 46.2 Å². The molecule has 0 aliphatic carbocycles. The van der Waals surface area contributed by atoms with Crippen molar-refractivity contribution in [1.82, 2.24) is 9.80 Å². The molecule has 0 aromatic heterocycles. The van der Waals surface area contributed by atoms with Gasteiger partial charge in [0.15, 0.2) is 5.11 Å². The number of fused-ring (bicyclic) bond motifs is 1. The van der Waals surface area contributed by atoms with E-state index in [9.17, 15) is 0 Å². The Morgan fingerprint density at radius 1 is 1.23 bits per heavy atom. The van der Waals surface area contributed by atoms with Crippen LogP contribution < -0.4 is 14.8 Å². The first-order valence-electron chi connectivity index (χ1n) is 12.4. The zero-order chi connectivity index (χ0) is 25.0. The summed E-state index contributed by atoms with van der Waals surface area (Å²) in [6.45, 7) is 14.0. The third-order valence-electron chi connectivity index (χ3n) is 6.49. The van der Waals surface area contributed by atoms with Crippen molar-refractivity contribution in [2.45, 2.75) is 45.8 Å². The van der Waals surface area contributed by atoms with Gasteiger partial charge in [-0.3, -0.25) is 4.90 Å². The highest BCUT2D eigenvalue weighted by Crippen LogP contribution is 2.44. The van der Waals surface area contributed by atoms with E-state index >= 15 is 0 Å². The van der Waals surface area contributed by atoms with Gasteiger partial charge in [-0.25, -0.2) is 0 Å². The number of halogens is 1. The molecule has 6 nitrogen and oxygen atoms in total. The molecule has 2 heterocycles. The summed E-state index contributed by atoms with van der Waals surface area (Å²) in [6, 6.07) is 12.1. The highest BCUT2D eigenvalue weighted by Gasteiger charge is 2.38. The number of morpholine rings is 1. The summed E-state index contributed by atoms with van der Waals surface area (Å²) >= 11 is 12.6. The maximum Gasteiger partial charge on any atom is 0.174 e. The molecule has 0 amide bonds. The molecule has 2 aliphatic rings. The van der Waals surface area contributed by atoms with E-state index in [-0.39, 0.29) is 11.6 Å². The molecule has 1 atom stereocenters. The van der Waals surface area contributed by atoms with Gasteiger partial charge in [0.2, 0.25) is 0 Å². The Morgan fingerprint density at radius 3 is 2.71 bits per heavy atom. The zero-order valence-corrected chi connectivity index (χ0v) is 22.7. The summed E-state index contributed by atoms with van der Waals surface area (Å²) in [5.74, 6) is 1.72. The van der Waals surface area contributed by atoms with Crippen molar-refractivity contribution in [3.63, 3.8) is 0 Å². The monoisotopic (exact) mass is 517 g/mol. The van der Waals surface area contributed by atoms with Crippen molar-refractivity contribution in [1.29, 1.82) is 0 Å². The maximum atomic E-state index is 6.55. The molecule has 0 radical (unpaired) electrons. The van der Waals surface area contributed by atoms with Gasteiger partial charge in [0.05, 0.1) is 36.6 Å². The summed E-state index contributed by atoms with van der Waals surface area (Å²) < 4.78 is 17.7. The van der Waals surface area contributed by atoms with E-state index in [2.05, 4.69) is 35.0 Å².